The highest BCUT2D eigenvalue weighted by Crippen LogP contribution is 2.06. The zero-order chi connectivity index (χ0) is 13.7. The highest BCUT2D eigenvalue weighted by Gasteiger charge is 2.23. The summed E-state index contributed by atoms with van der Waals surface area (Å²) in [5.74, 6) is -2.49. The highest BCUT2D eigenvalue weighted by atomic mass is 16.5. The molecule has 0 saturated heterocycles. The van der Waals surface area contributed by atoms with Crippen molar-refractivity contribution in [2.24, 2.45) is 5.73 Å². The molecule has 8 nitrogen and oxygen atoms in total. The number of aromatic nitrogens is 1. The van der Waals surface area contributed by atoms with Crippen LogP contribution in [-0.4, -0.2) is 34.1 Å². The second-order valence-electron chi connectivity index (χ2n) is 3.68. The summed E-state index contributed by atoms with van der Waals surface area (Å²) in [6.45, 7) is 1.55. The molecule has 0 radical (unpaired) electrons. The maximum atomic E-state index is 11.7. The first kappa shape index (κ1) is 13.7. The number of carbonyl (C=O) groups excluding carboxylic acids is 2. The molecule has 1 heterocycles. The van der Waals surface area contributed by atoms with Crippen LogP contribution in [0.3, 0.4) is 0 Å². The molecule has 0 aliphatic heterocycles. The predicted octanol–water partition coefficient (Wildman–Crippen LogP) is -0.568. The summed E-state index contributed by atoms with van der Waals surface area (Å²) in [5.41, 5.74) is 5.43. The third-order valence-corrected chi connectivity index (χ3v) is 2.28. The van der Waals surface area contributed by atoms with E-state index < -0.39 is 23.8 Å². The molecule has 0 saturated carbocycles. The van der Waals surface area contributed by atoms with Crippen LogP contribution >= 0.6 is 0 Å². The van der Waals surface area contributed by atoms with Gasteiger partial charge in [-0.15, -0.1) is 0 Å². The van der Waals surface area contributed by atoms with E-state index in [0.717, 1.165) is 6.26 Å². The molecule has 0 aliphatic carbocycles. The number of nitrogens with two attached hydrogens (primary N) is 1. The summed E-state index contributed by atoms with van der Waals surface area (Å²) < 4.78 is 4.57. The van der Waals surface area contributed by atoms with Gasteiger partial charge in [0.2, 0.25) is 5.91 Å². The van der Waals surface area contributed by atoms with Crippen molar-refractivity contribution in [2.45, 2.75) is 25.8 Å². The lowest BCUT2D eigenvalue weighted by molar-refractivity contribution is -0.139. The minimum absolute atomic E-state index is 0.0687. The number of nitrogens with one attached hydrogen (secondary N) is 1. The molecule has 18 heavy (non-hydrogen) atoms. The Kier molecular flexibility index (Phi) is 4.41. The lowest BCUT2D eigenvalue weighted by Gasteiger charge is -2.12. The molecule has 0 spiro atoms. The average Bonchev–Trinajstić information content (AvgIpc) is 2.69. The SMILES string of the molecule is Cc1nocc1C(=O)N[C@@H](CCC(N)=O)C(=O)O. The van der Waals surface area contributed by atoms with Crippen LogP contribution in [0.4, 0.5) is 0 Å². The molecule has 1 aromatic rings. The van der Waals surface area contributed by atoms with Crippen molar-refractivity contribution in [1.29, 1.82) is 0 Å². The van der Waals surface area contributed by atoms with Crippen molar-refractivity contribution >= 4 is 17.8 Å². The van der Waals surface area contributed by atoms with Gasteiger partial charge in [0.1, 0.15) is 17.9 Å². The number of primary amides is 1. The molecule has 1 atom stereocenters. The van der Waals surface area contributed by atoms with E-state index in [2.05, 4.69) is 15.0 Å². The largest absolute Gasteiger partial charge is 0.480 e. The van der Waals surface area contributed by atoms with Gasteiger partial charge in [0.05, 0.1) is 5.69 Å². The van der Waals surface area contributed by atoms with Crippen LogP contribution in [0.15, 0.2) is 10.8 Å². The number of carboxylic acid groups (broad SMARTS) is 1. The van der Waals surface area contributed by atoms with Gasteiger partial charge in [0.25, 0.3) is 5.91 Å². The minimum atomic E-state index is -1.24. The van der Waals surface area contributed by atoms with Gasteiger partial charge in [-0.2, -0.15) is 0 Å². The Labute approximate surface area is 102 Å². The van der Waals surface area contributed by atoms with E-state index in [1.165, 1.54) is 0 Å². The number of hydrogen-bond donors (Lipinski definition) is 3. The van der Waals surface area contributed by atoms with Gasteiger partial charge in [0, 0.05) is 6.42 Å². The molecule has 8 heteroatoms. The summed E-state index contributed by atoms with van der Waals surface area (Å²) in [6, 6.07) is -1.18. The summed E-state index contributed by atoms with van der Waals surface area (Å²) in [6.07, 6.45) is 0.929. The molecular formula is C10H13N3O5. The van der Waals surface area contributed by atoms with Crippen LogP contribution in [0.25, 0.3) is 0 Å². The fourth-order valence-corrected chi connectivity index (χ4v) is 1.29. The van der Waals surface area contributed by atoms with Gasteiger partial charge in [-0.25, -0.2) is 4.79 Å². The number of rotatable bonds is 6. The molecule has 0 fully saturated rings. The number of aliphatic carboxylic acids is 1. The molecule has 2 amide bonds. The molecule has 0 aliphatic rings. The van der Waals surface area contributed by atoms with Gasteiger partial charge in [-0.05, 0) is 13.3 Å². The summed E-state index contributed by atoms with van der Waals surface area (Å²) in [4.78, 5) is 33.2. The van der Waals surface area contributed by atoms with E-state index in [9.17, 15) is 14.4 Å². The lowest BCUT2D eigenvalue weighted by Crippen LogP contribution is -2.41. The molecule has 4 N–H and O–H groups in total. The zero-order valence-corrected chi connectivity index (χ0v) is 9.67. The topological polar surface area (TPSA) is 136 Å². The van der Waals surface area contributed by atoms with Crippen LogP contribution in [-0.2, 0) is 9.59 Å². The van der Waals surface area contributed by atoms with Crippen molar-refractivity contribution in [3.05, 3.63) is 17.5 Å². The third kappa shape index (κ3) is 3.58. The molecule has 1 rings (SSSR count). The Hall–Kier alpha value is -2.38. The van der Waals surface area contributed by atoms with Gasteiger partial charge in [-0.3, -0.25) is 9.59 Å². The van der Waals surface area contributed by atoms with Crippen molar-refractivity contribution in [1.82, 2.24) is 10.5 Å². The predicted molar refractivity (Wildman–Crippen MR) is 58.6 cm³/mol. The van der Waals surface area contributed by atoms with Crippen molar-refractivity contribution in [3.8, 4) is 0 Å². The van der Waals surface area contributed by atoms with E-state index in [1.807, 2.05) is 0 Å². The van der Waals surface area contributed by atoms with Crippen molar-refractivity contribution in [2.75, 3.05) is 0 Å². The zero-order valence-electron chi connectivity index (χ0n) is 9.67. The summed E-state index contributed by atoms with van der Waals surface area (Å²) in [5, 5.41) is 14.7. The molecule has 98 valence electrons. The van der Waals surface area contributed by atoms with Crippen LogP contribution in [0.2, 0.25) is 0 Å². The Morgan fingerprint density at radius 1 is 1.56 bits per heavy atom. The number of carbonyl (C=O) groups is 3. The second-order valence-corrected chi connectivity index (χ2v) is 3.68. The first-order chi connectivity index (χ1) is 8.41. The second kappa shape index (κ2) is 5.80. The number of carboxylic acids is 1. The van der Waals surface area contributed by atoms with Crippen molar-refractivity contribution in [3.63, 3.8) is 0 Å². The van der Waals surface area contributed by atoms with Crippen LogP contribution in [0.5, 0.6) is 0 Å². The standard InChI is InChI=1S/C10H13N3O5/c1-5-6(4-18-13-5)9(15)12-7(10(16)17)2-3-8(11)14/h4,7H,2-3H2,1H3,(H2,11,14)(H,12,15)(H,16,17)/t7-/m0/s1. The van der Waals surface area contributed by atoms with Crippen LogP contribution in [0, 0.1) is 6.92 Å². The van der Waals surface area contributed by atoms with E-state index in [4.69, 9.17) is 10.8 Å². The Bertz CT molecular complexity index is 468. The average molecular weight is 255 g/mol. The van der Waals surface area contributed by atoms with E-state index in [-0.39, 0.29) is 18.4 Å². The Balaban J connectivity index is 2.67. The van der Waals surface area contributed by atoms with Gasteiger partial charge in [-0.1, -0.05) is 5.16 Å². The Morgan fingerprint density at radius 3 is 2.67 bits per heavy atom. The van der Waals surface area contributed by atoms with Gasteiger partial charge >= 0.3 is 5.97 Å². The van der Waals surface area contributed by atoms with Crippen molar-refractivity contribution < 1.29 is 24.0 Å². The van der Waals surface area contributed by atoms with Gasteiger partial charge in [0.15, 0.2) is 0 Å². The molecular weight excluding hydrogens is 242 g/mol. The Morgan fingerprint density at radius 2 is 2.22 bits per heavy atom. The highest BCUT2D eigenvalue weighted by molar-refractivity contribution is 5.97. The normalized spacial score (nSPS) is 11.8. The number of nitrogens with zero attached hydrogens (tertiary/aromatic N) is 1. The third-order valence-electron chi connectivity index (χ3n) is 2.28. The van der Waals surface area contributed by atoms with E-state index >= 15 is 0 Å². The minimum Gasteiger partial charge on any atom is -0.480 e. The van der Waals surface area contributed by atoms with E-state index in [0.29, 0.717) is 5.69 Å². The number of amides is 2. The molecule has 1 aromatic heterocycles. The first-order valence-electron chi connectivity index (χ1n) is 5.14. The maximum absolute atomic E-state index is 11.7. The van der Waals surface area contributed by atoms with Gasteiger partial charge < -0.3 is 20.7 Å². The number of aryl methyl sites for hydroxylation is 1. The molecule has 0 aromatic carbocycles. The van der Waals surface area contributed by atoms with Crippen LogP contribution < -0.4 is 11.1 Å². The lowest BCUT2D eigenvalue weighted by atomic mass is 10.1. The molecule has 0 unspecified atom stereocenters. The van der Waals surface area contributed by atoms with E-state index in [1.54, 1.807) is 6.92 Å². The fraction of sp³-hybridized carbons (Fsp3) is 0.400. The quantitative estimate of drug-likeness (QED) is 0.622. The first-order valence-corrected chi connectivity index (χ1v) is 5.14. The maximum Gasteiger partial charge on any atom is 0.326 e. The summed E-state index contributed by atoms with van der Waals surface area (Å²) in [7, 11) is 0. The van der Waals surface area contributed by atoms with Crippen LogP contribution in [0.1, 0.15) is 28.9 Å². The molecule has 0 bridgehead atoms. The smallest absolute Gasteiger partial charge is 0.326 e. The monoisotopic (exact) mass is 255 g/mol. The summed E-state index contributed by atoms with van der Waals surface area (Å²) >= 11 is 0. The number of hydrogen-bond acceptors (Lipinski definition) is 5. The fourth-order valence-electron chi connectivity index (χ4n) is 1.29.